The summed E-state index contributed by atoms with van der Waals surface area (Å²) in [6, 6.07) is 0.116. The summed E-state index contributed by atoms with van der Waals surface area (Å²) in [4.78, 5) is 22.9. The number of nitrogens with one attached hydrogen (secondary N) is 1. The van der Waals surface area contributed by atoms with Crippen LogP contribution in [0.5, 0.6) is 0 Å². The van der Waals surface area contributed by atoms with E-state index in [1.807, 2.05) is 0 Å². The average Bonchev–Trinajstić information content (AvgIpc) is 2.41. The lowest BCUT2D eigenvalue weighted by Crippen LogP contribution is -2.41. The van der Waals surface area contributed by atoms with Crippen LogP contribution in [0.2, 0.25) is 5.02 Å². The van der Waals surface area contributed by atoms with E-state index in [4.69, 9.17) is 21.4 Å². The van der Waals surface area contributed by atoms with E-state index in [9.17, 15) is 18.4 Å². The highest BCUT2D eigenvalue weighted by Crippen LogP contribution is 2.20. The zero-order valence-electron chi connectivity index (χ0n) is 11.2. The van der Waals surface area contributed by atoms with Gasteiger partial charge in [-0.15, -0.1) is 0 Å². The molecule has 5 nitrogen and oxygen atoms in total. The molecular formula is C13H14ClF2NO4. The van der Waals surface area contributed by atoms with Gasteiger partial charge in [-0.05, 0) is 25.0 Å². The van der Waals surface area contributed by atoms with E-state index in [1.54, 1.807) is 0 Å². The third-order valence-corrected chi connectivity index (χ3v) is 3.01. The Morgan fingerprint density at radius 2 is 2.00 bits per heavy atom. The van der Waals surface area contributed by atoms with Gasteiger partial charge in [0.05, 0.1) is 10.6 Å². The number of halogens is 3. The Labute approximate surface area is 124 Å². The molecule has 0 spiro atoms. The van der Waals surface area contributed by atoms with E-state index in [1.165, 1.54) is 7.11 Å². The van der Waals surface area contributed by atoms with Crippen molar-refractivity contribution in [1.29, 1.82) is 0 Å². The molecule has 21 heavy (non-hydrogen) atoms. The van der Waals surface area contributed by atoms with Crippen LogP contribution in [0.15, 0.2) is 12.1 Å². The number of carbonyl (C=O) groups is 2. The Morgan fingerprint density at radius 3 is 2.57 bits per heavy atom. The molecule has 8 heteroatoms. The van der Waals surface area contributed by atoms with Crippen LogP contribution in [0, 0.1) is 11.6 Å². The zero-order chi connectivity index (χ0) is 16.0. The molecule has 0 radical (unpaired) electrons. The lowest BCUT2D eigenvalue weighted by Gasteiger charge is -2.15. The molecule has 0 aliphatic heterocycles. The van der Waals surface area contributed by atoms with Crippen molar-refractivity contribution in [3.63, 3.8) is 0 Å². The van der Waals surface area contributed by atoms with Crippen LogP contribution in [-0.4, -0.2) is 36.7 Å². The highest BCUT2D eigenvalue weighted by molar-refractivity contribution is 6.33. The number of carboxylic acids is 1. The molecule has 1 unspecified atom stereocenters. The molecule has 1 aromatic rings. The normalized spacial score (nSPS) is 12.0. The first-order valence-electron chi connectivity index (χ1n) is 6.04. The predicted octanol–water partition coefficient (Wildman–Crippen LogP) is 2.23. The Balaban J connectivity index is 2.82. The number of aliphatic carboxylic acids is 1. The first-order valence-corrected chi connectivity index (χ1v) is 6.41. The van der Waals surface area contributed by atoms with Crippen molar-refractivity contribution in [3.8, 4) is 0 Å². The lowest BCUT2D eigenvalue weighted by molar-refractivity contribution is -0.139. The SMILES string of the molecule is COCCCC(NC(=O)c1cc(F)c(F)cc1Cl)C(=O)O. The molecule has 0 fully saturated rings. The van der Waals surface area contributed by atoms with Gasteiger partial charge < -0.3 is 15.2 Å². The van der Waals surface area contributed by atoms with Crippen LogP contribution in [0.4, 0.5) is 8.78 Å². The van der Waals surface area contributed by atoms with Crippen LogP contribution in [-0.2, 0) is 9.53 Å². The second-order valence-electron chi connectivity index (χ2n) is 4.25. The fourth-order valence-electron chi connectivity index (χ4n) is 1.62. The summed E-state index contributed by atoms with van der Waals surface area (Å²) < 4.78 is 30.8. The number of hydrogen-bond acceptors (Lipinski definition) is 3. The molecule has 2 N–H and O–H groups in total. The third kappa shape index (κ3) is 4.95. The van der Waals surface area contributed by atoms with Crippen LogP contribution in [0.25, 0.3) is 0 Å². The molecule has 0 aliphatic rings. The van der Waals surface area contributed by atoms with Gasteiger partial charge in [0, 0.05) is 13.7 Å². The minimum absolute atomic E-state index is 0.135. The van der Waals surface area contributed by atoms with Gasteiger partial charge in [-0.1, -0.05) is 11.6 Å². The predicted molar refractivity (Wildman–Crippen MR) is 71.4 cm³/mol. The molecule has 0 saturated carbocycles. The summed E-state index contributed by atoms with van der Waals surface area (Å²) in [7, 11) is 1.47. The van der Waals surface area contributed by atoms with Gasteiger partial charge >= 0.3 is 5.97 Å². The van der Waals surface area contributed by atoms with Crippen LogP contribution in [0.1, 0.15) is 23.2 Å². The average molecular weight is 322 g/mol. The van der Waals surface area contributed by atoms with E-state index in [0.717, 1.165) is 0 Å². The van der Waals surface area contributed by atoms with Gasteiger partial charge in [-0.25, -0.2) is 13.6 Å². The monoisotopic (exact) mass is 321 g/mol. The fraction of sp³-hybridized carbons (Fsp3) is 0.385. The standard InChI is InChI=1S/C13H14ClF2NO4/c1-21-4-2-3-11(13(19)20)17-12(18)7-5-9(15)10(16)6-8(7)14/h5-6,11H,2-4H2,1H3,(H,17,18)(H,19,20). The Kier molecular flexibility index (Phi) is 6.51. The van der Waals surface area contributed by atoms with Gasteiger partial charge in [0.25, 0.3) is 5.91 Å². The maximum absolute atomic E-state index is 13.1. The minimum Gasteiger partial charge on any atom is -0.480 e. The topological polar surface area (TPSA) is 75.6 Å². The minimum atomic E-state index is -1.24. The molecule has 0 saturated heterocycles. The van der Waals surface area contributed by atoms with Crippen molar-refractivity contribution >= 4 is 23.5 Å². The molecule has 1 atom stereocenters. The summed E-state index contributed by atoms with van der Waals surface area (Å²) in [6.07, 6.45) is 0.551. The summed E-state index contributed by atoms with van der Waals surface area (Å²) in [5, 5.41) is 10.9. The smallest absolute Gasteiger partial charge is 0.326 e. The molecule has 1 amide bonds. The quantitative estimate of drug-likeness (QED) is 0.596. The summed E-state index contributed by atoms with van der Waals surface area (Å²) >= 11 is 5.65. The number of hydrogen-bond donors (Lipinski definition) is 2. The first kappa shape index (κ1) is 17.3. The number of methoxy groups -OCH3 is 1. The van der Waals surface area contributed by atoms with Gasteiger partial charge in [0.15, 0.2) is 11.6 Å². The molecule has 1 aromatic carbocycles. The van der Waals surface area contributed by atoms with Gasteiger partial charge in [0.2, 0.25) is 0 Å². The van der Waals surface area contributed by atoms with E-state index >= 15 is 0 Å². The molecular weight excluding hydrogens is 308 g/mol. The second-order valence-corrected chi connectivity index (χ2v) is 4.65. The largest absolute Gasteiger partial charge is 0.480 e. The molecule has 0 bridgehead atoms. The van der Waals surface area contributed by atoms with Crippen molar-refractivity contribution in [2.45, 2.75) is 18.9 Å². The molecule has 1 rings (SSSR count). The van der Waals surface area contributed by atoms with Crippen molar-refractivity contribution in [3.05, 3.63) is 34.4 Å². The van der Waals surface area contributed by atoms with Crippen molar-refractivity contribution in [2.24, 2.45) is 0 Å². The first-order chi connectivity index (χ1) is 9.86. The lowest BCUT2D eigenvalue weighted by atomic mass is 10.1. The van der Waals surface area contributed by atoms with Crippen molar-refractivity contribution < 1.29 is 28.2 Å². The van der Waals surface area contributed by atoms with E-state index < -0.39 is 29.6 Å². The molecule has 116 valence electrons. The zero-order valence-corrected chi connectivity index (χ0v) is 11.9. The number of carbonyl (C=O) groups excluding carboxylic acids is 1. The second kappa shape index (κ2) is 7.90. The van der Waals surface area contributed by atoms with Gasteiger partial charge in [0.1, 0.15) is 6.04 Å². The Morgan fingerprint density at radius 1 is 1.38 bits per heavy atom. The number of rotatable bonds is 7. The van der Waals surface area contributed by atoms with E-state index in [-0.39, 0.29) is 17.0 Å². The third-order valence-electron chi connectivity index (χ3n) is 2.70. The molecule has 0 aliphatic carbocycles. The van der Waals surface area contributed by atoms with Gasteiger partial charge in [-0.3, -0.25) is 4.79 Å². The fourth-order valence-corrected chi connectivity index (χ4v) is 1.86. The van der Waals surface area contributed by atoms with Crippen molar-refractivity contribution in [2.75, 3.05) is 13.7 Å². The van der Waals surface area contributed by atoms with Crippen LogP contribution >= 0.6 is 11.6 Å². The number of benzene rings is 1. The number of amides is 1. The summed E-state index contributed by atoms with van der Waals surface area (Å²) in [6.45, 7) is 0.339. The summed E-state index contributed by atoms with van der Waals surface area (Å²) in [5.74, 6) is -4.55. The molecule has 0 aromatic heterocycles. The summed E-state index contributed by atoms with van der Waals surface area (Å²) in [5.41, 5.74) is -0.325. The molecule has 0 heterocycles. The number of carboxylic acid groups (broad SMARTS) is 1. The van der Waals surface area contributed by atoms with E-state index in [2.05, 4.69) is 5.32 Å². The highest BCUT2D eigenvalue weighted by Gasteiger charge is 2.22. The van der Waals surface area contributed by atoms with Crippen LogP contribution in [0.3, 0.4) is 0 Å². The van der Waals surface area contributed by atoms with Crippen molar-refractivity contribution in [1.82, 2.24) is 5.32 Å². The Bertz CT molecular complexity index is 539. The maximum atomic E-state index is 13.1. The van der Waals surface area contributed by atoms with Gasteiger partial charge in [-0.2, -0.15) is 0 Å². The number of ether oxygens (including phenoxy) is 1. The van der Waals surface area contributed by atoms with Crippen LogP contribution < -0.4 is 5.32 Å². The Hall–Kier alpha value is -1.73. The van der Waals surface area contributed by atoms with E-state index in [0.29, 0.717) is 25.2 Å². The maximum Gasteiger partial charge on any atom is 0.326 e. The highest BCUT2D eigenvalue weighted by atomic mass is 35.5.